The summed E-state index contributed by atoms with van der Waals surface area (Å²) in [6.07, 6.45) is 0.991. The average molecular weight is 655 g/mol. The first kappa shape index (κ1) is 45.9. The summed E-state index contributed by atoms with van der Waals surface area (Å²) in [6, 6.07) is 8.04. The number of carbonyl (C=O) groups is 4. The summed E-state index contributed by atoms with van der Waals surface area (Å²) >= 11 is 0. The third-order valence-electron chi connectivity index (χ3n) is 4.57. The lowest BCUT2D eigenvalue weighted by atomic mass is 10.1. The maximum Gasteiger partial charge on any atom is 0.408 e. The van der Waals surface area contributed by atoms with Crippen molar-refractivity contribution in [3.05, 3.63) is 35.9 Å². The highest BCUT2D eigenvalue weighted by Crippen LogP contribution is 2.12. The molecule has 0 radical (unpaired) electrons. The van der Waals surface area contributed by atoms with Crippen LogP contribution in [-0.4, -0.2) is 65.3 Å². The van der Waals surface area contributed by atoms with Crippen molar-refractivity contribution >= 4 is 36.4 Å². The number of ether oxygens (including phenoxy) is 4. The highest BCUT2D eigenvalue weighted by molar-refractivity contribution is 5.82. The van der Waals surface area contributed by atoms with Crippen LogP contribution in [0.1, 0.15) is 101 Å². The Morgan fingerprint density at radius 2 is 1.04 bits per heavy atom. The van der Waals surface area contributed by atoms with Crippen LogP contribution in [0.25, 0.3) is 0 Å². The molecule has 0 bridgehead atoms. The molecule has 0 aliphatic heterocycles. The van der Waals surface area contributed by atoms with E-state index in [1.807, 2.05) is 37.3 Å². The molecule has 1 rings (SSSR count). The molecule has 0 spiro atoms. The van der Waals surface area contributed by atoms with E-state index < -0.39 is 53.0 Å². The van der Waals surface area contributed by atoms with Gasteiger partial charge in [0.25, 0.3) is 0 Å². The van der Waals surface area contributed by atoms with Gasteiger partial charge in [-0.15, -0.1) is 0 Å². The number of rotatable bonds is 9. The number of amides is 2. The first-order valence-electron chi connectivity index (χ1n) is 14.5. The Labute approximate surface area is 271 Å². The molecule has 46 heavy (non-hydrogen) atoms. The van der Waals surface area contributed by atoms with E-state index in [2.05, 4.69) is 10.6 Å². The summed E-state index contributed by atoms with van der Waals surface area (Å²) < 4.78 is 20.7. The lowest BCUT2D eigenvalue weighted by molar-refractivity contribution is -0.193. The van der Waals surface area contributed by atoms with E-state index in [0.717, 1.165) is 12.0 Å². The van der Waals surface area contributed by atoms with Gasteiger partial charge in [0.1, 0.15) is 35.5 Å². The molecule has 2 amide bonds. The number of nitrogens with one attached hydrogen (secondary N) is 2. The quantitative estimate of drug-likeness (QED) is 0.270. The molecular formula is C32H50N2O12. The summed E-state index contributed by atoms with van der Waals surface area (Å²) in [5, 5.41) is 5.08. The summed E-state index contributed by atoms with van der Waals surface area (Å²) in [4.78, 5) is 79.8. The Kier molecular flexibility index (Phi) is 23.7. The van der Waals surface area contributed by atoms with Gasteiger partial charge in [-0.3, -0.25) is 0 Å². The van der Waals surface area contributed by atoms with E-state index >= 15 is 0 Å². The van der Waals surface area contributed by atoms with Gasteiger partial charge in [0, 0.05) is 0 Å². The fourth-order valence-electron chi connectivity index (χ4n) is 2.97. The number of carbonyl (C=O) groups excluding carboxylic acids is 8. The molecule has 0 heterocycles. The first-order chi connectivity index (χ1) is 21.1. The van der Waals surface area contributed by atoms with Gasteiger partial charge in [-0.1, -0.05) is 50.6 Å². The molecule has 1 aromatic rings. The van der Waals surface area contributed by atoms with Crippen LogP contribution in [0, 0.1) is 0 Å². The molecule has 0 aromatic heterocycles. The minimum absolute atomic E-state index is 0.190. The maximum absolute atomic E-state index is 12.1. The van der Waals surface area contributed by atoms with Crippen LogP contribution in [-0.2, 0) is 54.3 Å². The van der Waals surface area contributed by atoms with Gasteiger partial charge in [-0.25, -0.2) is 19.2 Å². The summed E-state index contributed by atoms with van der Waals surface area (Å²) in [5.74, 6) is -0.896. The van der Waals surface area contributed by atoms with Crippen LogP contribution < -0.4 is 10.6 Å². The van der Waals surface area contributed by atoms with E-state index in [9.17, 15) is 19.2 Å². The molecule has 14 heteroatoms. The average Bonchev–Trinajstić information content (AvgIpc) is 2.89. The molecule has 0 fully saturated rings. The molecule has 0 unspecified atom stereocenters. The highest BCUT2D eigenvalue weighted by Gasteiger charge is 2.27. The zero-order chi connectivity index (χ0) is 36.6. The van der Waals surface area contributed by atoms with Crippen molar-refractivity contribution in [1.82, 2.24) is 10.6 Å². The van der Waals surface area contributed by atoms with Gasteiger partial charge in [-0.05, 0) is 80.7 Å². The molecule has 14 nitrogen and oxygen atoms in total. The van der Waals surface area contributed by atoms with Crippen molar-refractivity contribution in [2.45, 2.75) is 131 Å². The fraction of sp³-hybridized carbons (Fsp3) is 0.625. The number of esters is 2. The highest BCUT2D eigenvalue weighted by atomic mass is 16.6. The number of benzene rings is 1. The van der Waals surface area contributed by atoms with Crippen LogP contribution in [0.3, 0.4) is 0 Å². The van der Waals surface area contributed by atoms with Gasteiger partial charge in [0.15, 0.2) is 0 Å². The summed E-state index contributed by atoms with van der Waals surface area (Å²) in [5.41, 5.74) is -0.853. The third-order valence-corrected chi connectivity index (χ3v) is 4.57. The SMILES string of the molecule is CCC[C@H](NC(=O)OC(C)(C)C)C(=O)OCc1ccccc1.CC[C@H](NC(=O)OC(C)(C)C)C(=O)OC(C)(C)C.O=C=O.O=C=O. The minimum Gasteiger partial charge on any atom is -0.459 e. The standard InChI is InChI=1S/C17H25NO4.C13H25NO4.2CO2/c1-5-9-14(18-16(20)22-17(2,3)4)15(19)21-12-13-10-7-6-8-11-13;1-8-9(10(15)17-12(2,3)4)14-11(16)18-13(5,6)7;2*2-1-3/h6-8,10-11,14H,5,9,12H2,1-4H3,(H,18,20);9H,8H2,1-7H3,(H,14,16);;/t14-;9-;;/m00../s1. The Hall–Kier alpha value is -4.54. The van der Waals surface area contributed by atoms with Gasteiger partial charge in [-0.2, -0.15) is 19.2 Å². The van der Waals surface area contributed by atoms with E-state index in [1.54, 1.807) is 69.2 Å². The first-order valence-corrected chi connectivity index (χ1v) is 14.5. The molecule has 1 aromatic carbocycles. The Morgan fingerprint density at radius 3 is 1.39 bits per heavy atom. The van der Waals surface area contributed by atoms with Gasteiger partial charge in [0.05, 0.1) is 0 Å². The van der Waals surface area contributed by atoms with Crippen molar-refractivity contribution in [2.24, 2.45) is 0 Å². The number of hydrogen-bond acceptors (Lipinski definition) is 12. The summed E-state index contributed by atoms with van der Waals surface area (Å²) in [6.45, 7) is 19.9. The zero-order valence-corrected chi connectivity index (χ0v) is 28.8. The van der Waals surface area contributed by atoms with Crippen LogP contribution in [0.15, 0.2) is 30.3 Å². The second-order valence-corrected chi connectivity index (χ2v) is 12.4. The Morgan fingerprint density at radius 1 is 0.652 bits per heavy atom. The van der Waals surface area contributed by atoms with E-state index in [0.29, 0.717) is 12.8 Å². The molecular weight excluding hydrogens is 604 g/mol. The smallest absolute Gasteiger partial charge is 0.408 e. The topological polar surface area (TPSA) is 198 Å². The van der Waals surface area contributed by atoms with Crippen LogP contribution in [0.4, 0.5) is 9.59 Å². The van der Waals surface area contributed by atoms with Gasteiger partial charge < -0.3 is 29.6 Å². The lowest BCUT2D eigenvalue weighted by Crippen LogP contribution is -2.45. The normalized spacial score (nSPS) is 11.6. The van der Waals surface area contributed by atoms with Crippen molar-refractivity contribution < 1.29 is 57.3 Å². The number of hydrogen-bond donors (Lipinski definition) is 2. The Balaban J connectivity index is -0.000000695. The van der Waals surface area contributed by atoms with Crippen molar-refractivity contribution in [3.8, 4) is 0 Å². The predicted octanol–water partition coefficient (Wildman–Crippen LogP) is 4.89. The van der Waals surface area contributed by atoms with Crippen molar-refractivity contribution in [2.75, 3.05) is 0 Å². The minimum atomic E-state index is -0.691. The number of alkyl carbamates (subject to hydrolysis) is 2. The Bertz CT molecular complexity index is 1090. The fourth-order valence-corrected chi connectivity index (χ4v) is 2.97. The van der Waals surface area contributed by atoms with Crippen LogP contribution in [0.2, 0.25) is 0 Å². The molecule has 0 aliphatic rings. The second kappa shape index (κ2) is 23.8. The maximum atomic E-state index is 12.1. The summed E-state index contributed by atoms with van der Waals surface area (Å²) in [7, 11) is 0. The van der Waals surface area contributed by atoms with Crippen LogP contribution in [0.5, 0.6) is 0 Å². The molecule has 2 atom stereocenters. The third kappa shape index (κ3) is 29.5. The zero-order valence-electron chi connectivity index (χ0n) is 28.8. The monoisotopic (exact) mass is 654 g/mol. The molecule has 260 valence electrons. The van der Waals surface area contributed by atoms with E-state index in [4.69, 9.17) is 38.1 Å². The molecule has 2 N–H and O–H groups in total. The van der Waals surface area contributed by atoms with Gasteiger partial charge >= 0.3 is 36.4 Å². The van der Waals surface area contributed by atoms with Crippen molar-refractivity contribution in [1.29, 1.82) is 0 Å². The largest absolute Gasteiger partial charge is 0.459 e. The predicted molar refractivity (Wildman–Crippen MR) is 164 cm³/mol. The molecule has 0 saturated carbocycles. The van der Waals surface area contributed by atoms with E-state index in [-0.39, 0.29) is 18.9 Å². The molecule has 0 saturated heterocycles. The second-order valence-electron chi connectivity index (χ2n) is 12.4. The lowest BCUT2D eigenvalue weighted by Gasteiger charge is -2.25. The van der Waals surface area contributed by atoms with Crippen molar-refractivity contribution in [3.63, 3.8) is 0 Å². The van der Waals surface area contributed by atoms with E-state index in [1.165, 1.54) is 0 Å². The van der Waals surface area contributed by atoms with Crippen LogP contribution >= 0.6 is 0 Å². The van der Waals surface area contributed by atoms with Gasteiger partial charge in [0.2, 0.25) is 0 Å². The molecule has 0 aliphatic carbocycles.